The van der Waals surface area contributed by atoms with E-state index in [0.29, 0.717) is 0 Å². The second kappa shape index (κ2) is 7.38. The van der Waals surface area contributed by atoms with Crippen molar-refractivity contribution < 1.29 is 0 Å². The molecule has 17 heavy (non-hydrogen) atoms. The molecule has 0 amide bonds. The van der Waals surface area contributed by atoms with Gasteiger partial charge in [0.2, 0.25) is 0 Å². The third kappa shape index (κ3) is 3.96. The molecular weight excluding hydrogens is 208 g/mol. The highest BCUT2D eigenvalue weighted by molar-refractivity contribution is 4.87. The zero-order chi connectivity index (χ0) is 11.9. The lowest BCUT2D eigenvalue weighted by Gasteiger charge is -2.29. The van der Waals surface area contributed by atoms with E-state index in [1.807, 2.05) is 0 Å². The molecule has 2 aliphatic rings. The number of nitrogens with one attached hydrogen (secondary N) is 1. The Kier molecular flexibility index (Phi) is 5.79. The smallest absolute Gasteiger partial charge is 0.0124 e. The molecule has 1 unspecified atom stereocenters. The SMILES string of the molecule is CNCCCCCN1CCCC1C1CCCC1. The normalized spacial score (nSPS) is 27.0. The first-order valence-electron chi connectivity index (χ1n) is 7.80. The summed E-state index contributed by atoms with van der Waals surface area (Å²) in [4.78, 5) is 2.81. The van der Waals surface area contributed by atoms with Gasteiger partial charge < -0.3 is 10.2 Å². The van der Waals surface area contributed by atoms with Gasteiger partial charge in [-0.2, -0.15) is 0 Å². The van der Waals surface area contributed by atoms with Crippen LogP contribution >= 0.6 is 0 Å². The number of nitrogens with zero attached hydrogens (tertiary/aromatic N) is 1. The highest BCUT2D eigenvalue weighted by Gasteiger charge is 2.32. The van der Waals surface area contributed by atoms with E-state index in [1.54, 1.807) is 0 Å². The Labute approximate surface area is 107 Å². The van der Waals surface area contributed by atoms with Gasteiger partial charge in [-0.3, -0.25) is 0 Å². The Hall–Kier alpha value is -0.0800. The molecule has 1 heterocycles. The van der Waals surface area contributed by atoms with Gasteiger partial charge in [0.25, 0.3) is 0 Å². The lowest BCUT2D eigenvalue weighted by Crippen LogP contribution is -2.35. The first kappa shape index (κ1) is 13.4. The first-order chi connectivity index (χ1) is 8.42. The molecule has 1 aliphatic heterocycles. The maximum absolute atomic E-state index is 3.24. The number of likely N-dealkylation sites (tertiary alicyclic amines) is 1. The van der Waals surface area contributed by atoms with Gasteiger partial charge in [-0.1, -0.05) is 19.3 Å². The van der Waals surface area contributed by atoms with Crippen LogP contribution in [0.3, 0.4) is 0 Å². The molecule has 1 N–H and O–H groups in total. The van der Waals surface area contributed by atoms with E-state index in [-0.39, 0.29) is 0 Å². The molecule has 0 spiro atoms. The Morgan fingerprint density at radius 3 is 2.59 bits per heavy atom. The van der Waals surface area contributed by atoms with Gasteiger partial charge in [-0.15, -0.1) is 0 Å². The van der Waals surface area contributed by atoms with E-state index in [2.05, 4.69) is 17.3 Å². The average molecular weight is 238 g/mol. The van der Waals surface area contributed by atoms with Crippen molar-refractivity contribution in [3.05, 3.63) is 0 Å². The topological polar surface area (TPSA) is 15.3 Å². The van der Waals surface area contributed by atoms with Gasteiger partial charge in [0.15, 0.2) is 0 Å². The molecule has 2 rings (SSSR count). The first-order valence-corrected chi connectivity index (χ1v) is 7.80. The molecule has 1 aliphatic carbocycles. The van der Waals surface area contributed by atoms with E-state index in [4.69, 9.17) is 0 Å². The van der Waals surface area contributed by atoms with Crippen molar-refractivity contribution in [3.63, 3.8) is 0 Å². The van der Waals surface area contributed by atoms with E-state index < -0.39 is 0 Å². The third-order valence-electron chi connectivity index (χ3n) is 4.73. The Morgan fingerprint density at radius 1 is 1.00 bits per heavy atom. The predicted molar refractivity (Wildman–Crippen MR) is 74.3 cm³/mol. The fraction of sp³-hybridized carbons (Fsp3) is 1.00. The summed E-state index contributed by atoms with van der Waals surface area (Å²) in [6.45, 7) is 3.93. The Morgan fingerprint density at radius 2 is 1.82 bits per heavy atom. The van der Waals surface area contributed by atoms with Crippen molar-refractivity contribution >= 4 is 0 Å². The minimum atomic E-state index is 0.960. The van der Waals surface area contributed by atoms with Crippen molar-refractivity contribution in [2.45, 2.75) is 63.8 Å². The molecule has 0 bridgehead atoms. The predicted octanol–water partition coefficient (Wildman–Crippen LogP) is 3.03. The van der Waals surface area contributed by atoms with Crippen LogP contribution in [0.15, 0.2) is 0 Å². The van der Waals surface area contributed by atoms with Crippen molar-refractivity contribution in [3.8, 4) is 0 Å². The van der Waals surface area contributed by atoms with Crippen LogP contribution in [0.1, 0.15) is 57.8 Å². The van der Waals surface area contributed by atoms with Gasteiger partial charge >= 0.3 is 0 Å². The van der Waals surface area contributed by atoms with Gasteiger partial charge in [-0.25, -0.2) is 0 Å². The summed E-state index contributed by atoms with van der Waals surface area (Å²) in [6.07, 6.45) is 13.1. The molecular formula is C15H30N2. The van der Waals surface area contributed by atoms with E-state index >= 15 is 0 Å². The average Bonchev–Trinajstić information content (AvgIpc) is 2.98. The van der Waals surface area contributed by atoms with Gasteiger partial charge in [0.1, 0.15) is 0 Å². The van der Waals surface area contributed by atoms with Crippen molar-refractivity contribution in [2.75, 3.05) is 26.7 Å². The van der Waals surface area contributed by atoms with Crippen LogP contribution in [0.4, 0.5) is 0 Å². The molecule has 0 aromatic carbocycles. The lowest BCUT2D eigenvalue weighted by atomic mass is 9.96. The number of unbranched alkanes of at least 4 members (excludes halogenated alkanes) is 2. The second-order valence-electron chi connectivity index (χ2n) is 5.95. The van der Waals surface area contributed by atoms with Gasteiger partial charge in [0.05, 0.1) is 0 Å². The zero-order valence-corrected chi connectivity index (χ0v) is 11.6. The van der Waals surface area contributed by atoms with Crippen LogP contribution in [0, 0.1) is 5.92 Å². The molecule has 2 fully saturated rings. The van der Waals surface area contributed by atoms with Crippen LogP contribution < -0.4 is 5.32 Å². The molecule has 1 saturated carbocycles. The highest BCUT2D eigenvalue weighted by atomic mass is 15.2. The summed E-state index contributed by atoms with van der Waals surface area (Å²) in [5.74, 6) is 1.05. The Balaban J connectivity index is 1.64. The highest BCUT2D eigenvalue weighted by Crippen LogP contribution is 2.35. The summed E-state index contributed by atoms with van der Waals surface area (Å²) < 4.78 is 0. The van der Waals surface area contributed by atoms with Crippen LogP contribution in [0.25, 0.3) is 0 Å². The van der Waals surface area contributed by atoms with Crippen LogP contribution in [-0.2, 0) is 0 Å². The Bertz CT molecular complexity index is 199. The summed E-state index contributed by atoms with van der Waals surface area (Å²) in [6, 6.07) is 0.960. The fourth-order valence-electron chi connectivity index (χ4n) is 3.80. The summed E-state index contributed by atoms with van der Waals surface area (Å²) in [5.41, 5.74) is 0. The van der Waals surface area contributed by atoms with Crippen molar-refractivity contribution in [2.24, 2.45) is 5.92 Å². The molecule has 100 valence electrons. The standard InChI is InChI=1S/C15H30N2/c1-16-11-5-2-6-12-17-13-7-10-15(17)14-8-3-4-9-14/h14-16H,2-13H2,1H3. The van der Waals surface area contributed by atoms with Crippen molar-refractivity contribution in [1.29, 1.82) is 0 Å². The molecule has 0 aromatic rings. The quantitative estimate of drug-likeness (QED) is 0.686. The van der Waals surface area contributed by atoms with Gasteiger partial charge in [0, 0.05) is 6.04 Å². The molecule has 0 radical (unpaired) electrons. The van der Waals surface area contributed by atoms with Crippen molar-refractivity contribution in [1.82, 2.24) is 10.2 Å². The maximum Gasteiger partial charge on any atom is 0.0124 e. The zero-order valence-electron chi connectivity index (χ0n) is 11.6. The largest absolute Gasteiger partial charge is 0.320 e. The minimum Gasteiger partial charge on any atom is -0.320 e. The van der Waals surface area contributed by atoms with Crippen LogP contribution in [0.5, 0.6) is 0 Å². The van der Waals surface area contributed by atoms with E-state index in [9.17, 15) is 0 Å². The summed E-state index contributed by atoms with van der Waals surface area (Å²) >= 11 is 0. The molecule has 2 heteroatoms. The third-order valence-corrected chi connectivity index (χ3v) is 4.73. The molecule has 0 aromatic heterocycles. The maximum atomic E-state index is 3.24. The monoisotopic (exact) mass is 238 g/mol. The second-order valence-corrected chi connectivity index (χ2v) is 5.95. The summed E-state index contributed by atoms with van der Waals surface area (Å²) in [7, 11) is 2.05. The number of hydrogen-bond donors (Lipinski definition) is 1. The molecule has 2 nitrogen and oxygen atoms in total. The van der Waals surface area contributed by atoms with Crippen LogP contribution in [-0.4, -0.2) is 37.6 Å². The number of rotatable bonds is 7. The van der Waals surface area contributed by atoms with E-state index in [1.165, 1.54) is 77.4 Å². The summed E-state index contributed by atoms with van der Waals surface area (Å²) in [5, 5.41) is 3.24. The van der Waals surface area contributed by atoms with Gasteiger partial charge in [-0.05, 0) is 71.1 Å². The minimum absolute atomic E-state index is 0.960. The lowest BCUT2D eigenvalue weighted by molar-refractivity contribution is 0.187. The fourth-order valence-corrected chi connectivity index (χ4v) is 3.80. The van der Waals surface area contributed by atoms with Crippen LogP contribution in [0.2, 0.25) is 0 Å². The molecule has 1 atom stereocenters. The number of hydrogen-bond acceptors (Lipinski definition) is 2. The molecule has 1 saturated heterocycles. The van der Waals surface area contributed by atoms with E-state index in [0.717, 1.165) is 12.0 Å².